The fourth-order valence-corrected chi connectivity index (χ4v) is 4.76. The maximum atomic E-state index is 13.8. The molecule has 0 saturated carbocycles. The molecule has 0 radical (unpaired) electrons. The van der Waals surface area contributed by atoms with Crippen LogP contribution in [0.4, 0.5) is 9.52 Å². The van der Waals surface area contributed by atoms with E-state index in [2.05, 4.69) is 4.98 Å². The van der Waals surface area contributed by atoms with Crippen molar-refractivity contribution in [3.05, 3.63) is 52.8 Å². The summed E-state index contributed by atoms with van der Waals surface area (Å²) in [4.78, 5) is 19.3. The number of aryl methyl sites for hydroxylation is 1. The van der Waals surface area contributed by atoms with Gasteiger partial charge in [-0.05, 0) is 49.6 Å². The Bertz CT molecular complexity index is 1040. The molecule has 1 fully saturated rings. The lowest BCUT2D eigenvalue weighted by Gasteiger charge is -2.23. The van der Waals surface area contributed by atoms with Crippen molar-refractivity contribution in [3.8, 4) is 5.75 Å². The van der Waals surface area contributed by atoms with E-state index in [1.807, 2.05) is 19.1 Å². The van der Waals surface area contributed by atoms with E-state index in [9.17, 15) is 9.18 Å². The Morgan fingerprint density at radius 2 is 2.24 bits per heavy atom. The predicted octanol–water partition coefficient (Wildman–Crippen LogP) is 4.99. The molecule has 5 nitrogen and oxygen atoms in total. The molecule has 1 unspecified atom stereocenters. The van der Waals surface area contributed by atoms with Crippen LogP contribution >= 0.6 is 22.9 Å². The van der Waals surface area contributed by atoms with Crippen molar-refractivity contribution in [1.29, 1.82) is 0 Å². The Morgan fingerprint density at radius 1 is 1.41 bits per heavy atom. The number of benzene rings is 2. The lowest BCUT2D eigenvalue weighted by molar-refractivity contribution is -0.121. The number of fused-ring (bicyclic) bond motifs is 1. The Hall–Kier alpha value is -2.22. The molecule has 29 heavy (non-hydrogen) atoms. The number of amides is 1. The van der Waals surface area contributed by atoms with E-state index < -0.39 is 5.82 Å². The summed E-state index contributed by atoms with van der Waals surface area (Å²) in [6.45, 7) is 2.72. The molecule has 0 aliphatic carbocycles. The minimum absolute atomic E-state index is 0.0462. The summed E-state index contributed by atoms with van der Waals surface area (Å²) < 4.78 is 25.9. The highest BCUT2D eigenvalue weighted by molar-refractivity contribution is 7.22. The standard InChI is InChI=1S/C21H20ClFN2O3S/c1-13-9-14(22)10-18-20(13)24-21(29-18)25(11-15-5-4-8-27-15)19(26)12-28-17-7-3-2-6-16(17)23/h2-3,6-7,9-10,15H,4-5,8,11-12H2,1H3. The summed E-state index contributed by atoms with van der Waals surface area (Å²) in [5.41, 5.74) is 1.76. The van der Waals surface area contributed by atoms with Crippen molar-refractivity contribution >= 4 is 44.2 Å². The zero-order valence-corrected chi connectivity index (χ0v) is 17.4. The first-order valence-corrected chi connectivity index (χ1v) is 10.6. The Morgan fingerprint density at radius 3 is 3.00 bits per heavy atom. The van der Waals surface area contributed by atoms with E-state index in [-0.39, 0.29) is 24.4 Å². The number of thiazole rings is 1. The Labute approximate surface area is 177 Å². The molecule has 1 saturated heterocycles. The smallest absolute Gasteiger partial charge is 0.266 e. The van der Waals surface area contributed by atoms with E-state index in [1.165, 1.54) is 23.5 Å². The molecule has 152 valence electrons. The monoisotopic (exact) mass is 434 g/mol. The van der Waals surface area contributed by atoms with E-state index in [4.69, 9.17) is 21.1 Å². The van der Waals surface area contributed by atoms with Gasteiger partial charge in [0, 0.05) is 11.6 Å². The first-order chi connectivity index (χ1) is 14.0. The molecular weight excluding hydrogens is 415 g/mol. The Kier molecular flexibility index (Phi) is 5.99. The van der Waals surface area contributed by atoms with E-state index in [0.717, 1.165) is 28.6 Å². The topological polar surface area (TPSA) is 51.7 Å². The van der Waals surface area contributed by atoms with Crippen LogP contribution in [0.15, 0.2) is 36.4 Å². The van der Waals surface area contributed by atoms with Crippen LogP contribution in [0.5, 0.6) is 5.75 Å². The number of para-hydroxylation sites is 1. The number of aromatic nitrogens is 1. The molecule has 1 aliphatic heterocycles. The fraction of sp³-hybridized carbons (Fsp3) is 0.333. The lowest BCUT2D eigenvalue weighted by Crippen LogP contribution is -2.40. The molecule has 8 heteroatoms. The summed E-state index contributed by atoms with van der Waals surface area (Å²) in [5, 5.41) is 1.19. The van der Waals surface area contributed by atoms with Crippen LogP contribution in [0.1, 0.15) is 18.4 Å². The number of carbonyl (C=O) groups is 1. The van der Waals surface area contributed by atoms with Crippen molar-refractivity contribution in [1.82, 2.24) is 4.98 Å². The second-order valence-corrected chi connectivity index (χ2v) is 8.37. The van der Waals surface area contributed by atoms with Crippen molar-refractivity contribution in [2.24, 2.45) is 0 Å². The van der Waals surface area contributed by atoms with Gasteiger partial charge in [0.15, 0.2) is 23.3 Å². The average Bonchev–Trinajstić information content (AvgIpc) is 3.34. The van der Waals surface area contributed by atoms with Gasteiger partial charge < -0.3 is 9.47 Å². The minimum atomic E-state index is -0.503. The van der Waals surface area contributed by atoms with Crippen LogP contribution in [-0.4, -0.2) is 36.8 Å². The lowest BCUT2D eigenvalue weighted by atomic mass is 10.2. The van der Waals surface area contributed by atoms with Gasteiger partial charge in [0.05, 0.1) is 22.9 Å². The minimum Gasteiger partial charge on any atom is -0.481 e. The largest absolute Gasteiger partial charge is 0.481 e. The molecule has 1 aromatic heterocycles. The number of hydrogen-bond acceptors (Lipinski definition) is 5. The maximum absolute atomic E-state index is 13.8. The number of hydrogen-bond donors (Lipinski definition) is 0. The molecule has 1 atom stereocenters. The van der Waals surface area contributed by atoms with Crippen molar-refractivity contribution in [3.63, 3.8) is 0 Å². The van der Waals surface area contributed by atoms with Gasteiger partial charge in [0.1, 0.15) is 0 Å². The first-order valence-electron chi connectivity index (χ1n) is 9.37. The fourth-order valence-electron chi connectivity index (χ4n) is 3.32. The van der Waals surface area contributed by atoms with Crippen molar-refractivity contribution < 1.29 is 18.7 Å². The van der Waals surface area contributed by atoms with Crippen LogP contribution < -0.4 is 9.64 Å². The highest BCUT2D eigenvalue weighted by Crippen LogP contribution is 2.33. The van der Waals surface area contributed by atoms with Crippen LogP contribution in [0.2, 0.25) is 5.02 Å². The van der Waals surface area contributed by atoms with Gasteiger partial charge in [-0.15, -0.1) is 0 Å². The van der Waals surface area contributed by atoms with Gasteiger partial charge in [0.2, 0.25) is 0 Å². The maximum Gasteiger partial charge on any atom is 0.266 e. The summed E-state index contributed by atoms with van der Waals surface area (Å²) in [6.07, 6.45) is 1.80. The van der Waals surface area contributed by atoms with Crippen molar-refractivity contribution in [2.75, 3.05) is 24.7 Å². The SMILES string of the molecule is Cc1cc(Cl)cc2sc(N(CC3CCCO3)C(=O)COc3ccccc3F)nc12. The molecule has 0 spiro atoms. The quantitative estimate of drug-likeness (QED) is 0.548. The third-order valence-electron chi connectivity index (χ3n) is 4.77. The number of ether oxygens (including phenoxy) is 2. The summed E-state index contributed by atoms with van der Waals surface area (Å²) in [5.74, 6) is -0.757. The third kappa shape index (κ3) is 4.52. The molecule has 1 amide bonds. The molecule has 0 bridgehead atoms. The summed E-state index contributed by atoms with van der Waals surface area (Å²) >= 11 is 7.56. The summed E-state index contributed by atoms with van der Waals surface area (Å²) in [7, 11) is 0. The van der Waals surface area contributed by atoms with Gasteiger partial charge in [-0.2, -0.15) is 0 Å². The summed E-state index contributed by atoms with van der Waals surface area (Å²) in [6, 6.07) is 9.71. The number of carbonyl (C=O) groups excluding carboxylic acids is 1. The first kappa shape index (κ1) is 20.1. The molecule has 2 heterocycles. The molecule has 2 aromatic carbocycles. The van der Waals surface area contributed by atoms with Gasteiger partial charge in [-0.25, -0.2) is 9.37 Å². The Balaban J connectivity index is 1.59. The molecule has 0 N–H and O–H groups in total. The highest BCUT2D eigenvalue weighted by atomic mass is 35.5. The second-order valence-electron chi connectivity index (χ2n) is 6.92. The number of rotatable bonds is 6. The van der Waals surface area contributed by atoms with Crippen LogP contribution in [-0.2, 0) is 9.53 Å². The predicted molar refractivity (Wildman–Crippen MR) is 113 cm³/mol. The van der Waals surface area contributed by atoms with Gasteiger partial charge in [-0.3, -0.25) is 9.69 Å². The van der Waals surface area contributed by atoms with Crippen molar-refractivity contribution in [2.45, 2.75) is 25.9 Å². The second kappa shape index (κ2) is 8.65. The molecule has 3 aromatic rings. The average molecular weight is 435 g/mol. The number of nitrogens with zero attached hydrogens (tertiary/aromatic N) is 2. The van der Waals surface area contributed by atoms with E-state index in [0.29, 0.717) is 23.3 Å². The van der Waals surface area contributed by atoms with Gasteiger partial charge >= 0.3 is 0 Å². The van der Waals surface area contributed by atoms with E-state index in [1.54, 1.807) is 17.0 Å². The van der Waals surface area contributed by atoms with Crippen LogP contribution in [0.3, 0.4) is 0 Å². The van der Waals surface area contributed by atoms with Gasteiger partial charge in [0.25, 0.3) is 5.91 Å². The van der Waals surface area contributed by atoms with Crippen LogP contribution in [0.25, 0.3) is 10.2 Å². The zero-order chi connectivity index (χ0) is 20.4. The number of anilines is 1. The van der Waals surface area contributed by atoms with Crippen LogP contribution in [0, 0.1) is 12.7 Å². The van der Waals surface area contributed by atoms with Gasteiger partial charge in [-0.1, -0.05) is 35.1 Å². The molecular formula is C21H20ClFN2O3S. The normalized spacial score (nSPS) is 16.3. The number of halogens is 2. The molecule has 4 rings (SSSR count). The zero-order valence-electron chi connectivity index (χ0n) is 15.9. The highest BCUT2D eigenvalue weighted by Gasteiger charge is 2.27. The molecule has 1 aliphatic rings. The third-order valence-corrected chi connectivity index (χ3v) is 6.01. The van der Waals surface area contributed by atoms with E-state index >= 15 is 0 Å².